The van der Waals surface area contributed by atoms with E-state index in [1.807, 2.05) is 12.1 Å². The molecule has 0 bridgehead atoms. The van der Waals surface area contributed by atoms with Crippen molar-refractivity contribution in [1.82, 2.24) is 0 Å². The van der Waals surface area contributed by atoms with E-state index in [0.717, 1.165) is 18.6 Å². The van der Waals surface area contributed by atoms with Crippen molar-refractivity contribution in [2.24, 2.45) is 0 Å². The monoisotopic (exact) mass is 202 g/mol. The van der Waals surface area contributed by atoms with Crippen molar-refractivity contribution >= 4 is 6.08 Å². The first-order valence-electron chi connectivity index (χ1n) is 5.32. The summed E-state index contributed by atoms with van der Waals surface area (Å²) >= 11 is 0. The number of ether oxygens (including phenoxy) is 1. The van der Waals surface area contributed by atoms with Gasteiger partial charge in [0.1, 0.15) is 5.75 Å². The Morgan fingerprint density at radius 1 is 1.07 bits per heavy atom. The zero-order valence-corrected chi connectivity index (χ0v) is 9.44. The molecule has 80 valence electrons. The van der Waals surface area contributed by atoms with Crippen molar-refractivity contribution in [3.63, 3.8) is 0 Å². The Labute approximate surface area is 92.1 Å². The molecule has 1 heteroatoms. The Morgan fingerprint density at radius 3 is 2.40 bits per heavy atom. The van der Waals surface area contributed by atoms with Gasteiger partial charge in [0.05, 0.1) is 7.11 Å². The van der Waals surface area contributed by atoms with Crippen molar-refractivity contribution in [2.75, 3.05) is 7.11 Å². The van der Waals surface area contributed by atoms with Gasteiger partial charge in [0.15, 0.2) is 0 Å². The molecule has 1 aromatic carbocycles. The summed E-state index contributed by atoms with van der Waals surface area (Å²) in [4.78, 5) is 0. The summed E-state index contributed by atoms with van der Waals surface area (Å²) in [7, 11) is 1.68. The molecule has 0 aliphatic carbocycles. The van der Waals surface area contributed by atoms with Gasteiger partial charge in [-0.1, -0.05) is 43.4 Å². The number of rotatable bonds is 5. The molecule has 15 heavy (non-hydrogen) atoms. The fourth-order valence-corrected chi connectivity index (χ4v) is 1.26. The van der Waals surface area contributed by atoms with E-state index in [2.05, 4.69) is 43.4 Å². The van der Waals surface area contributed by atoms with Crippen LogP contribution in [0.4, 0.5) is 0 Å². The largest absolute Gasteiger partial charge is 0.497 e. The summed E-state index contributed by atoms with van der Waals surface area (Å²) < 4.78 is 5.09. The van der Waals surface area contributed by atoms with Gasteiger partial charge in [-0.3, -0.25) is 0 Å². The van der Waals surface area contributed by atoms with E-state index >= 15 is 0 Å². The molecule has 0 fully saturated rings. The highest BCUT2D eigenvalue weighted by molar-refractivity contribution is 5.50. The van der Waals surface area contributed by atoms with E-state index in [0.29, 0.717) is 0 Å². The lowest BCUT2D eigenvalue weighted by Gasteiger charge is -1.98. The highest BCUT2D eigenvalue weighted by Gasteiger charge is 1.88. The quantitative estimate of drug-likeness (QED) is 0.654. The third-order valence-corrected chi connectivity index (χ3v) is 2.10. The van der Waals surface area contributed by atoms with Crippen LogP contribution in [-0.4, -0.2) is 7.11 Å². The Kier molecular flexibility index (Phi) is 5.31. The maximum Gasteiger partial charge on any atom is 0.118 e. The lowest BCUT2D eigenvalue weighted by atomic mass is 10.2. The van der Waals surface area contributed by atoms with Crippen LogP contribution < -0.4 is 4.74 Å². The average molecular weight is 202 g/mol. The first-order chi connectivity index (χ1) is 7.36. The van der Waals surface area contributed by atoms with Crippen LogP contribution in [0.25, 0.3) is 6.08 Å². The molecule has 0 heterocycles. The molecule has 1 nitrogen and oxygen atoms in total. The topological polar surface area (TPSA) is 9.23 Å². The summed E-state index contributed by atoms with van der Waals surface area (Å²) in [5.74, 6) is 0.901. The third-order valence-electron chi connectivity index (χ3n) is 2.10. The molecule has 0 saturated carbocycles. The summed E-state index contributed by atoms with van der Waals surface area (Å²) in [5.41, 5.74) is 1.21. The molecule has 0 atom stereocenters. The predicted molar refractivity (Wildman–Crippen MR) is 66.1 cm³/mol. The second-order valence-electron chi connectivity index (χ2n) is 3.29. The van der Waals surface area contributed by atoms with Gasteiger partial charge in [-0.15, -0.1) is 0 Å². The molecule has 0 N–H and O–H groups in total. The average Bonchev–Trinajstić information content (AvgIpc) is 2.30. The molecular weight excluding hydrogens is 184 g/mol. The van der Waals surface area contributed by atoms with Crippen molar-refractivity contribution in [3.8, 4) is 5.75 Å². The predicted octanol–water partition coefficient (Wildman–Crippen LogP) is 4.06. The SMILES string of the molecule is CCC=CCC=Cc1ccc(OC)cc1. The number of hydrogen-bond donors (Lipinski definition) is 0. The molecular formula is C14H18O. The number of methoxy groups -OCH3 is 1. The van der Waals surface area contributed by atoms with Crippen LogP contribution in [0.5, 0.6) is 5.75 Å². The van der Waals surface area contributed by atoms with Crippen molar-refractivity contribution in [2.45, 2.75) is 19.8 Å². The molecule has 0 saturated heterocycles. The first-order valence-corrected chi connectivity index (χ1v) is 5.32. The van der Waals surface area contributed by atoms with Crippen LogP contribution in [-0.2, 0) is 0 Å². The van der Waals surface area contributed by atoms with Crippen molar-refractivity contribution in [3.05, 3.63) is 48.1 Å². The molecule has 0 aliphatic rings. The molecule has 0 aliphatic heterocycles. The van der Waals surface area contributed by atoms with Crippen LogP contribution in [0, 0.1) is 0 Å². The van der Waals surface area contributed by atoms with Crippen LogP contribution in [0.15, 0.2) is 42.5 Å². The van der Waals surface area contributed by atoms with E-state index in [-0.39, 0.29) is 0 Å². The second kappa shape index (κ2) is 6.88. The Hall–Kier alpha value is -1.50. The van der Waals surface area contributed by atoms with Crippen LogP contribution in [0.1, 0.15) is 25.3 Å². The zero-order chi connectivity index (χ0) is 10.9. The zero-order valence-electron chi connectivity index (χ0n) is 9.44. The summed E-state index contributed by atoms with van der Waals surface area (Å²) in [5, 5.41) is 0. The molecule has 0 aromatic heterocycles. The molecule has 0 spiro atoms. The minimum absolute atomic E-state index is 0.901. The lowest BCUT2D eigenvalue weighted by Crippen LogP contribution is -1.81. The molecule has 0 unspecified atom stereocenters. The highest BCUT2D eigenvalue weighted by atomic mass is 16.5. The van der Waals surface area contributed by atoms with E-state index in [9.17, 15) is 0 Å². The maximum atomic E-state index is 5.09. The van der Waals surface area contributed by atoms with Crippen molar-refractivity contribution in [1.29, 1.82) is 0 Å². The van der Waals surface area contributed by atoms with Crippen LogP contribution >= 0.6 is 0 Å². The standard InChI is InChI=1S/C14H18O/c1-3-4-5-6-7-8-13-9-11-14(15-2)12-10-13/h4-5,7-12H,3,6H2,1-2H3. The minimum atomic E-state index is 0.901. The van der Waals surface area contributed by atoms with Gasteiger partial charge in [0.25, 0.3) is 0 Å². The smallest absolute Gasteiger partial charge is 0.118 e. The summed E-state index contributed by atoms with van der Waals surface area (Å²) in [6, 6.07) is 8.06. The van der Waals surface area contributed by atoms with Gasteiger partial charge in [0.2, 0.25) is 0 Å². The van der Waals surface area contributed by atoms with Gasteiger partial charge < -0.3 is 4.74 Å². The summed E-state index contributed by atoms with van der Waals surface area (Å²) in [6.45, 7) is 2.14. The van der Waals surface area contributed by atoms with Crippen LogP contribution in [0.3, 0.4) is 0 Å². The highest BCUT2D eigenvalue weighted by Crippen LogP contribution is 2.12. The number of hydrogen-bond acceptors (Lipinski definition) is 1. The Bertz CT molecular complexity index is 320. The van der Waals surface area contributed by atoms with Gasteiger partial charge >= 0.3 is 0 Å². The fourth-order valence-electron chi connectivity index (χ4n) is 1.26. The summed E-state index contributed by atoms with van der Waals surface area (Å²) in [6.07, 6.45) is 10.8. The van der Waals surface area contributed by atoms with E-state index in [4.69, 9.17) is 4.74 Å². The second-order valence-corrected chi connectivity index (χ2v) is 3.29. The minimum Gasteiger partial charge on any atom is -0.497 e. The normalized spacial score (nSPS) is 11.3. The fraction of sp³-hybridized carbons (Fsp3) is 0.286. The first kappa shape index (κ1) is 11.6. The van der Waals surface area contributed by atoms with Gasteiger partial charge in [0, 0.05) is 0 Å². The maximum absolute atomic E-state index is 5.09. The van der Waals surface area contributed by atoms with Gasteiger partial charge in [-0.05, 0) is 30.5 Å². The third kappa shape index (κ3) is 4.50. The van der Waals surface area contributed by atoms with Crippen LogP contribution in [0.2, 0.25) is 0 Å². The molecule has 0 amide bonds. The molecule has 1 rings (SSSR count). The molecule has 0 radical (unpaired) electrons. The number of benzene rings is 1. The van der Waals surface area contributed by atoms with Crippen molar-refractivity contribution < 1.29 is 4.74 Å². The van der Waals surface area contributed by atoms with E-state index in [1.165, 1.54) is 5.56 Å². The Balaban J connectivity index is 2.46. The molecule has 1 aromatic rings. The van der Waals surface area contributed by atoms with Gasteiger partial charge in [-0.2, -0.15) is 0 Å². The van der Waals surface area contributed by atoms with E-state index in [1.54, 1.807) is 7.11 Å². The van der Waals surface area contributed by atoms with E-state index < -0.39 is 0 Å². The lowest BCUT2D eigenvalue weighted by molar-refractivity contribution is 0.415. The Morgan fingerprint density at radius 2 is 1.80 bits per heavy atom. The number of allylic oxidation sites excluding steroid dienone is 3. The van der Waals surface area contributed by atoms with Gasteiger partial charge in [-0.25, -0.2) is 0 Å².